The van der Waals surface area contributed by atoms with Gasteiger partial charge in [0, 0.05) is 12.3 Å². The van der Waals surface area contributed by atoms with E-state index in [4.69, 9.17) is 19.5 Å². The van der Waals surface area contributed by atoms with E-state index in [9.17, 15) is 29.5 Å². The number of H-pyrrole nitrogens is 1. The van der Waals surface area contributed by atoms with E-state index in [1.165, 1.54) is 24.7 Å². The minimum Gasteiger partial charge on any atom is -0.395 e. The molecule has 0 amide bonds. The van der Waals surface area contributed by atoms with Gasteiger partial charge < -0.3 is 25.8 Å². The Hall–Kier alpha value is -2.66. The summed E-state index contributed by atoms with van der Waals surface area (Å²) < 4.78 is 32.3. The molecule has 43 heavy (non-hydrogen) atoms. The smallest absolute Gasteiger partial charge is 0.395 e. The molecule has 0 saturated heterocycles. The number of rotatable bonds is 17. The lowest BCUT2D eigenvalue weighted by molar-refractivity contribution is -0.149. The van der Waals surface area contributed by atoms with E-state index in [1.807, 2.05) is 30.3 Å². The van der Waals surface area contributed by atoms with Gasteiger partial charge in [-0.1, -0.05) is 42.1 Å². The standard InChI is InChI=1S/C26H39N6O9PS/c1-25(2,14-33)23(36)43-11-10-40-42(38,29-12-17-8-6-5-7-9-17)41-13-18(20(34)26(3,4)37)39-16-32-15-28-19-21(32)30-24(27)31-22(19)35/h5-9,15,18,20,33-34,37H,10-14,16H2,1-4H3,(H,29,38)(H3,27,30,31,35)/t18?,20-,42?/m1/s1. The number of fused-ring (bicyclic) bond motifs is 1. The van der Waals surface area contributed by atoms with Crippen LogP contribution in [0.15, 0.2) is 41.5 Å². The molecule has 0 spiro atoms. The van der Waals surface area contributed by atoms with E-state index in [0.29, 0.717) is 0 Å². The molecule has 3 rings (SSSR count). The number of carbonyl (C=O) groups excluding carboxylic acids is 1. The highest BCUT2D eigenvalue weighted by Gasteiger charge is 2.36. The van der Waals surface area contributed by atoms with E-state index >= 15 is 0 Å². The average molecular weight is 643 g/mol. The fourth-order valence-electron chi connectivity index (χ4n) is 3.56. The van der Waals surface area contributed by atoms with Crippen LogP contribution < -0.4 is 16.4 Å². The van der Waals surface area contributed by atoms with E-state index in [1.54, 1.807) is 13.8 Å². The van der Waals surface area contributed by atoms with Crippen LogP contribution in [0.5, 0.6) is 0 Å². The van der Waals surface area contributed by atoms with Gasteiger partial charge in [0.15, 0.2) is 16.3 Å². The van der Waals surface area contributed by atoms with Gasteiger partial charge in [-0.3, -0.25) is 28.2 Å². The Balaban J connectivity index is 1.74. The number of anilines is 1. The van der Waals surface area contributed by atoms with Crippen molar-refractivity contribution in [1.29, 1.82) is 0 Å². The summed E-state index contributed by atoms with van der Waals surface area (Å²) in [5.74, 6) is 0.00990. The van der Waals surface area contributed by atoms with Gasteiger partial charge in [-0.15, -0.1) is 0 Å². The molecule has 0 saturated carbocycles. The number of benzene rings is 1. The second kappa shape index (κ2) is 14.9. The molecular formula is C26H39N6O9PS. The number of nitrogens with zero attached hydrogens (tertiary/aromatic N) is 3. The average Bonchev–Trinajstić information content (AvgIpc) is 3.37. The number of nitrogen functional groups attached to an aromatic ring is 1. The molecule has 0 aliphatic heterocycles. The van der Waals surface area contributed by atoms with Gasteiger partial charge in [-0.2, -0.15) is 4.98 Å². The number of aliphatic hydroxyl groups is 3. The van der Waals surface area contributed by atoms with Crippen LogP contribution >= 0.6 is 19.5 Å². The van der Waals surface area contributed by atoms with Crippen molar-refractivity contribution in [3.63, 3.8) is 0 Å². The second-order valence-electron chi connectivity index (χ2n) is 10.9. The van der Waals surface area contributed by atoms with Gasteiger partial charge >= 0.3 is 7.75 Å². The Kier molecular flexibility index (Phi) is 12.1. The quantitative estimate of drug-likeness (QED) is 0.0904. The lowest BCUT2D eigenvalue weighted by Crippen LogP contribution is -2.48. The van der Waals surface area contributed by atoms with Crippen LogP contribution in [-0.4, -0.2) is 83.3 Å². The number of imidazole rings is 1. The van der Waals surface area contributed by atoms with Crippen molar-refractivity contribution in [3.05, 3.63) is 52.6 Å². The largest absolute Gasteiger partial charge is 0.405 e. The molecular weight excluding hydrogens is 603 g/mol. The molecule has 238 valence electrons. The summed E-state index contributed by atoms with van der Waals surface area (Å²) in [4.78, 5) is 34.9. The molecule has 0 aliphatic rings. The minimum absolute atomic E-state index is 0.0235. The lowest BCUT2D eigenvalue weighted by atomic mass is 9.97. The summed E-state index contributed by atoms with van der Waals surface area (Å²) in [6.07, 6.45) is -1.46. The van der Waals surface area contributed by atoms with E-state index in [2.05, 4.69) is 20.0 Å². The number of hydrogen-bond donors (Lipinski definition) is 6. The number of thioether (sulfide) groups is 1. The molecule has 3 aromatic rings. The van der Waals surface area contributed by atoms with Gasteiger partial charge in [0.05, 0.1) is 37.2 Å². The monoisotopic (exact) mass is 642 g/mol. The van der Waals surface area contributed by atoms with E-state index in [-0.39, 0.29) is 54.5 Å². The van der Waals surface area contributed by atoms with Gasteiger partial charge in [0.2, 0.25) is 5.95 Å². The van der Waals surface area contributed by atoms with Crippen LogP contribution in [0.3, 0.4) is 0 Å². The molecule has 0 radical (unpaired) electrons. The van der Waals surface area contributed by atoms with Crippen LogP contribution in [0.2, 0.25) is 0 Å². The number of aliphatic hydroxyl groups excluding tert-OH is 2. The highest BCUT2D eigenvalue weighted by molar-refractivity contribution is 8.13. The van der Waals surface area contributed by atoms with Crippen LogP contribution in [-0.2, 0) is 36.4 Å². The Bertz CT molecular complexity index is 1460. The Morgan fingerprint density at radius 3 is 2.58 bits per heavy atom. The van der Waals surface area contributed by atoms with Gasteiger partial charge in [0.1, 0.15) is 18.9 Å². The highest BCUT2D eigenvalue weighted by Crippen LogP contribution is 2.45. The first kappa shape index (κ1) is 34.8. The molecule has 17 heteroatoms. The lowest BCUT2D eigenvalue weighted by Gasteiger charge is -2.32. The Labute approximate surface area is 252 Å². The van der Waals surface area contributed by atoms with Gasteiger partial charge in [-0.25, -0.2) is 14.6 Å². The van der Waals surface area contributed by atoms with Crippen molar-refractivity contribution < 1.29 is 38.5 Å². The van der Waals surface area contributed by atoms with Crippen molar-refractivity contribution in [1.82, 2.24) is 24.6 Å². The SMILES string of the molecule is CC(C)(CO)C(=O)SCCOP(=O)(NCc1ccccc1)OCC(OCn1cnc2c(=O)[nH]c(N)nc21)[C@@H](O)C(C)(C)O. The molecule has 15 nitrogen and oxygen atoms in total. The summed E-state index contributed by atoms with van der Waals surface area (Å²) >= 11 is 0.931. The molecule has 2 heterocycles. The summed E-state index contributed by atoms with van der Waals surface area (Å²) in [5.41, 5.74) is 3.47. The maximum absolute atomic E-state index is 13.8. The highest BCUT2D eigenvalue weighted by atomic mass is 32.2. The number of aromatic amines is 1. The minimum atomic E-state index is -4.06. The van der Waals surface area contributed by atoms with Crippen LogP contribution in [0.25, 0.3) is 11.2 Å². The fourth-order valence-corrected chi connectivity index (χ4v) is 5.80. The Morgan fingerprint density at radius 1 is 1.23 bits per heavy atom. The molecule has 0 fully saturated rings. The number of carbonyl (C=O) groups is 1. The predicted molar refractivity (Wildman–Crippen MR) is 161 cm³/mol. The topological polar surface area (TPSA) is 224 Å². The summed E-state index contributed by atoms with van der Waals surface area (Å²) in [5, 5.41) is 33.3. The van der Waals surface area contributed by atoms with Crippen molar-refractivity contribution in [2.45, 2.75) is 58.8 Å². The molecule has 7 N–H and O–H groups in total. The van der Waals surface area contributed by atoms with Gasteiger partial charge in [-0.05, 0) is 33.3 Å². The third-order valence-electron chi connectivity index (χ3n) is 6.25. The number of hydrogen-bond acceptors (Lipinski definition) is 13. The zero-order valence-electron chi connectivity index (χ0n) is 24.4. The first-order valence-corrected chi connectivity index (χ1v) is 15.9. The maximum atomic E-state index is 13.8. The third-order valence-corrected chi connectivity index (χ3v) is 8.99. The molecule has 3 atom stereocenters. The Morgan fingerprint density at radius 2 is 1.93 bits per heavy atom. The van der Waals surface area contributed by atoms with Crippen molar-refractivity contribution in [2.75, 3.05) is 31.3 Å². The predicted octanol–water partition coefficient (Wildman–Crippen LogP) is 1.39. The van der Waals surface area contributed by atoms with E-state index < -0.39 is 43.1 Å². The molecule has 2 aromatic heterocycles. The third kappa shape index (κ3) is 9.93. The number of ether oxygens (including phenoxy) is 1. The summed E-state index contributed by atoms with van der Waals surface area (Å²) in [6.45, 7) is 4.85. The number of aromatic nitrogens is 4. The first-order chi connectivity index (χ1) is 20.1. The van der Waals surface area contributed by atoms with Gasteiger partial charge in [0.25, 0.3) is 5.56 Å². The number of nitrogens with one attached hydrogen (secondary N) is 2. The fraction of sp³-hybridized carbons (Fsp3) is 0.538. The molecule has 1 aromatic carbocycles. The van der Waals surface area contributed by atoms with Crippen LogP contribution in [0.4, 0.5) is 5.95 Å². The number of nitrogens with two attached hydrogens (primary N) is 1. The summed E-state index contributed by atoms with van der Waals surface area (Å²) in [6, 6.07) is 9.09. The molecule has 0 aliphatic carbocycles. The molecule has 2 unspecified atom stereocenters. The van der Waals surface area contributed by atoms with Crippen molar-refractivity contribution >= 4 is 41.7 Å². The van der Waals surface area contributed by atoms with Crippen LogP contribution in [0, 0.1) is 5.41 Å². The summed E-state index contributed by atoms with van der Waals surface area (Å²) in [7, 11) is -4.06. The zero-order chi connectivity index (χ0) is 31.8. The maximum Gasteiger partial charge on any atom is 0.405 e. The second-order valence-corrected chi connectivity index (χ2v) is 13.8. The van der Waals surface area contributed by atoms with E-state index in [0.717, 1.165) is 17.3 Å². The van der Waals surface area contributed by atoms with Crippen LogP contribution in [0.1, 0.15) is 33.3 Å². The van der Waals surface area contributed by atoms with Crippen molar-refractivity contribution in [3.8, 4) is 0 Å². The zero-order valence-corrected chi connectivity index (χ0v) is 26.1. The van der Waals surface area contributed by atoms with Crippen molar-refractivity contribution in [2.24, 2.45) is 5.41 Å². The normalized spacial score (nSPS) is 15.3. The molecule has 0 bridgehead atoms. The first-order valence-electron chi connectivity index (χ1n) is 13.3.